The van der Waals surface area contributed by atoms with E-state index in [9.17, 15) is 4.79 Å². The van der Waals surface area contributed by atoms with Crippen molar-refractivity contribution in [2.45, 2.75) is 19.9 Å². The summed E-state index contributed by atoms with van der Waals surface area (Å²) in [5.74, 6) is 2.91. The van der Waals surface area contributed by atoms with Crippen LogP contribution in [-0.4, -0.2) is 92.6 Å². The van der Waals surface area contributed by atoms with Gasteiger partial charge in [-0.3, -0.25) is 14.7 Å². The minimum Gasteiger partial charge on any atom is -0.465 e. The third kappa shape index (κ3) is 5.01. The quantitative estimate of drug-likeness (QED) is 0.615. The Morgan fingerprint density at radius 2 is 1.81 bits per heavy atom. The second-order valence-electron chi connectivity index (χ2n) is 7.03. The van der Waals surface area contributed by atoms with Gasteiger partial charge in [0.1, 0.15) is 11.5 Å². The number of carbonyl (C=O) groups is 1. The Kier molecular flexibility index (Phi) is 6.73. The van der Waals surface area contributed by atoms with Gasteiger partial charge >= 0.3 is 0 Å². The normalized spacial score (nSPS) is 20.6. The highest BCUT2D eigenvalue weighted by atomic mass is 16.5. The van der Waals surface area contributed by atoms with Crippen LogP contribution in [0.1, 0.15) is 24.5 Å². The number of amides is 1. The summed E-state index contributed by atoms with van der Waals surface area (Å²) in [4.78, 5) is 22.5. The lowest BCUT2D eigenvalue weighted by Crippen LogP contribution is -2.54. The highest BCUT2D eigenvalue weighted by molar-refractivity contribution is 5.80. The number of furan rings is 1. The molecule has 0 bridgehead atoms. The van der Waals surface area contributed by atoms with Gasteiger partial charge in [0, 0.05) is 59.8 Å². The predicted molar refractivity (Wildman–Crippen MR) is 104 cm³/mol. The number of hydrogen-bond donors (Lipinski definition) is 1. The zero-order chi connectivity index (χ0) is 19.2. The molecule has 0 spiro atoms. The van der Waals surface area contributed by atoms with Crippen LogP contribution in [0.25, 0.3) is 0 Å². The number of guanidine groups is 1. The molecule has 8 nitrogen and oxygen atoms in total. The van der Waals surface area contributed by atoms with Crippen LogP contribution in [0.3, 0.4) is 0 Å². The van der Waals surface area contributed by atoms with Gasteiger partial charge in [-0.1, -0.05) is 0 Å². The molecule has 1 aromatic heterocycles. The first-order valence-corrected chi connectivity index (χ1v) is 9.67. The van der Waals surface area contributed by atoms with Crippen LogP contribution in [-0.2, 0) is 9.53 Å². The van der Waals surface area contributed by atoms with Crippen LogP contribution in [0.5, 0.6) is 0 Å². The standard InChI is InChI=1S/C19H31N5O3/c1-15-4-5-18(27-15)17(23-10-12-26-13-11-23)14-21-19(20-3)24-8-6-22(7-9-24)16(2)25/h4-5,17H,6-14H2,1-3H3,(H,20,21). The molecule has 1 aromatic rings. The highest BCUT2D eigenvalue weighted by Crippen LogP contribution is 2.23. The van der Waals surface area contributed by atoms with Gasteiger partial charge in [0.15, 0.2) is 5.96 Å². The Hall–Kier alpha value is -2.06. The summed E-state index contributed by atoms with van der Waals surface area (Å²) in [6, 6.07) is 4.21. The number of nitrogens with zero attached hydrogens (tertiary/aromatic N) is 4. The molecular weight excluding hydrogens is 346 g/mol. The SMILES string of the molecule is CN=C(NCC(c1ccc(C)o1)N1CCOCC1)N1CCN(C(C)=O)CC1. The number of ether oxygens (including phenoxy) is 1. The summed E-state index contributed by atoms with van der Waals surface area (Å²) >= 11 is 0. The van der Waals surface area contributed by atoms with Crippen LogP contribution in [0.2, 0.25) is 0 Å². The van der Waals surface area contributed by atoms with Crippen molar-refractivity contribution >= 4 is 11.9 Å². The second kappa shape index (κ2) is 9.23. The van der Waals surface area contributed by atoms with E-state index in [-0.39, 0.29) is 11.9 Å². The molecule has 2 aliphatic heterocycles. The maximum absolute atomic E-state index is 11.5. The molecule has 0 aliphatic carbocycles. The van der Waals surface area contributed by atoms with E-state index in [0.717, 1.165) is 70.0 Å². The van der Waals surface area contributed by atoms with E-state index in [2.05, 4.69) is 26.2 Å². The first kappa shape index (κ1) is 19.7. The van der Waals surface area contributed by atoms with Gasteiger partial charge in [0.2, 0.25) is 5.91 Å². The molecule has 1 N–H and O–H groups in total. The van der Waals surface area contributed by atoms with Crippen molar-refractivity contribution in [2.75, 3.05) is 66.1 Å². The molecule has 3 heterocycles. The second-order valence-corrected chi connectivity index (χ2v) is 7.03. The van der Waals surface area contributed by atoms with Crippen LogP contribution in [0, 0.1) is 6.92 Å². The minimum atomic E-state index is 0.137. The molecule has 2 saturated heterocycles. The van der Waals surface area contributed by atoms with Gasteiger partial charge < -0.3 is 24.3 Å². The third-order valence-electron chi connectivity index (χ3n) is 5.27. The molecular formula is C19H31N5O3. The Balaban J connectivity index is 1.62. The van der Waals surface area contributed by atoms with Gasteiger partial charge in [-0.2, -0.15) is 0 Å². The summed E-state index contributed by atoms with van der Waals surface area (Å²) in [5.41, 5.74) is 0. The van der Waals surface area contributed by atoms with E-state index in [1.165, 1.54) is 0 Å². The number of carbonyl (C=O) groups excluding carboxylic acids is 1. The first-order chi connectivity index (χ1) is 13.1. The predicted octanol–water partition coefficient (Wildman–Crippen LogP) is 0.701. The fourth-order valence-corrected chi connectivity index (χ4v) is 3.68. The number of piperazine rings is 1. The summed E-state index contributed by atoms with van der Waals surface area (Å²) < 4.78 is 11.4. The molecule has 0 radical (unpaired) electrons. The summed E-state index contributed by atoms with van der Waals surface area (Å²) in [6.07, 6.45) is 0. The van der Waals surface area contributed by atoms with Crippen molar-refractivity contribution in [3.63, 3.8) is 0 Å². The topological polar surface area (TPSA) is 73.6 Å². The Morgan fingerprint density at radius 3 is 2.37 bits per heavy atom. The lowest BCUT2D eigenvalue weighted by atomic mass is 10.1. The van der Waals surface area contributed by atoms with Crippen LogP contribution in [0.4, 0.5) is 0 Å². The van der Waals surface area contributed by atoms with E-state index in [4.69, 9.17) is 9.15 Å². The lowest BCUT2D eigenvalue weighted by molar-refractivity contribution is -0.130. The van der Waals surface area contributed by atoms with Gasteiger partial charge in [-0.05, 0) is 19.1 Å². The summed E-state index contributed by atoms with van der Waals surface area (Å²) in [5, 5.41) is 3.52. The molecule has 2 aliphatic rings. The van der Waals surface area contributed by atoms with E-state index in [1.807, 2.05) is 17.9 Å². The molecule has 1 amide bonds. The maximum Gasteiger partial charge on any atom is 0.219 e. The number of rotatable bonds is 4. The number of aliphatic imine (C=N–C) groups is 1. The molecule has 3 rings (SSSR count). The first-order valence-electron chi connectivity index (χ1n) is 9.67. The van der Waals surface area contributed by atoms with Crippen molar-refractivity contribution in [1.82, 2.24) is 20.0 Å². The van der Waals surface area contributed by atoms with E-state index in [0.29, 0.717) is 6.54 Å². The van der Waals surface area contributed by atoms with Gasteiger partial charge in [0.25, 0.3) is 0 Å². The number of nitrogens with one attached hydrogen (secondary N) is 1. The van der Waals surface area contributed by atoms with Crippen LogP contribution in [0.15, 0.2) is 21.5 Å². The highest BCUT2D eigenvalue weighted by Gasteiger charge is 2.27. The fraction of sp³-hybridized carbons (Fsp3) is 0.684. The Morgan fingerprint density at radius 1 is 1.15 bits per heavy atom. The third-order valence-corrected chi connectivity index (χ3v) is 5.27. The van der Waals surface area contributed by atoms with Crippen molar-refractivity contribution < 1.29 is 13.9 Å². The molecule has 1 atom stereocenters. The largest absolute Gasteiger partial charge is 0.465 e. The van der Waals surface area contributed by atoms with Gasteiger partial charge in [-0.15, -0.1) is 0 Å². The van der Waals surface area contributed by atoms with Crippen molar-refractivity contribution in [3.05, 3.63) is 23.7 Å². The zero-order valence-corrected chi connectivity index (χ0v) is 16.6. The molecule has 8 heteroatoms. The van der Waals surface area contributed by atoms with E-state index in [1.54, 1.807) is 14.0 Å². The average Bonchev–Trinajstić information content (AvgIpc) is 3.12. The Labute approximate surface area is 161 Å². The summed E-state index contributed by atoms with van der Waals surface area (Å²) in [6.45, 7) is 10.7. The van der Waals surface area contributed by atoms with Gasteiger partial charge in [0.05, 0.1) is 19.3 Å². The molecule has 1 unspecified atom stereocenters. The van der Waals surface area contributed by atoms with Crippen molar-refractivity contribution in [2.24, 2.45) is 4.99 Å². The lowest BCUT2D eigenvalue weighted by Gasteiger charge is -2.37. The molecule has 150 valence electrons. The zero-order valence-electron chi connectivity index (χ0n) is 16.6. The fourth-order valence-electron chi connectivity index (χ4n) is 3.68. The van der Waals surface area contributed by atoms with Gasteiger partial charge in [-0.25, -0.2) is 0 Å². The van der Waals surface area contributed by atoms with Crippen LogP contribution >= 0.6 is 0 Å². The number of hydrogen-bond acceptors (Lipinski definition) is 5. The number of morpholine rings is 1. The maximum atomic E-state index is 11.5. The van der Waals surface area contributed by atoms with Crippen molar-refractivity contribution in [3.8, 4) is 0 Å². The minimum absolute atomic E-state index is 0.137. The average molecular weight is 377 g/mol. The monoisotopic (exact) mass is 377 g/mol. The van der Waals surface area contributed by atoms with E-state index < -0.39 is 0 Å². The molecule has 27 heavy (non-hydrogen) atoms. The molecule has 0 aromatic carbocycles. The van der Waals surface area contributed by atoms with Crippen LogP contribution < -0.4 is 5.32 Å². The van der Waals surface area contributed by atoms with Crippen molar-refractivity contribution in [1.29, 1.82) is 0 Å². The Bertz CT molecular complexity index is 646. The van der Waals surface area contributed by atoms with E-state index >= 15 is 0 Å². The molecule has 2 fully saturated rings. The summed E-state index contributed by atoms with van der Waals surface area (Å²) in [7, 11) is 1.81. The number of aryl methyl sites for hydroxylation is 1. The smallest absolute Gasteiger partial charge is 0.219 e. The molecule has 0 saturated carbocycles.